The zero-order valence-electron chi connectivity index (χ0n) is 30.6. The van der Waals surface area contributed by atoms with Crippen LogP contribution in [0.5, 0.6) is 5.75 Å². The van der Waals surface area contributed by atoms with Gasteiger partial charge in [0.25, 0.3) is 0 Å². The molecule has 1 atom stereocenters. The monoisotopic (exact) mass is 654 g/mol. The van der Waals surface area contributed by atoms with Gasteiger partial charge >= 0.3 is 25.8 Å². The van der Waals surface area contributed by atoms with E-state index in [1.165, 1.54) is 38.8 Å². The van der Waals surface area contributed by atoms with Crippen LogP contribution >= 0.6 is 0 Å². The number of rotatable bonds is 5. The molecule has 0 N–H and O–H groups in total. The fourth-order valence-corrected chi connectivity index (χ4v) is 10.1. The van der Waals surface area contributed by atoms with Crippen molar-refractivity contribution in [2.75, 3.05) is 45.1 Å². The zero-order valence-corrected chi connectivity index (χ0v) is 33.4. The topological polar surface area (TPSA) is 15.7 Å². The van der Waals surface area contributed by atoms with Gasteiger partial charge in [-0.2, -0.15) is 42.3 Å². The molecule has 0 aliphatic heterocycles. The molecule has 0 aromatic heterocycles. The van der Waals surface area contributed by atoms with Gasteiger partial charge in [-0.3, -0.25) is 6.08 Å². The van der Waals surface area contributed by atoms with Crippen LogP contribution in [-0.4, -0.2) is 43.4 Å². The molecule has 3 nitrogen and oxygen atoms in total. The van der Waals surface area contributed by atoms with E-state index in [1.807, 2.05) is 71.7 Å². The minimum atomic E-state index is -1.85. The van der Waals surface area contributed by atoms with Gasteiger partial charge in [-0.25, -0.2) is 11.1 Å². The normalized spacial score (nSPS) is 14.3. The molecular weight excluding hydrogens is 597 g/mol. The van der Waals surface area contributed by atoms with Crippen molar-refractivity contribution in [1.82, 2.24) is 0 Å². The quantitative estimate of drug-likeness (QED) is 0.202. The Morgan fingerprint density at radius 2 is 1.24 bits per heavy atom. The second kappa shape index (κ2) is 16.8. The molecule has 240 valence electrons. The number of ether oxygens (including phenoxy) is 1. The van der Waals surface area contributed by atoms with E-state index in [9.17, 15) is 0 Å². The van der Waals surface area contributed by atoms with Gasteiger partial charge in [-0.15, -0.1) is 19.1 Å². The third-order valence-corrected chi connectivity index (χ3v) is 12.2. The summed E-state index contributed by atoms with van der Waals surface area (Å²) in [6.45, 7) is 28.5. The van der Waals surface area contributed by atoms with Crippen LogP contribution in [0.15, 0.2) is 77.0 Å². The van der Waals surface area contributed by atoms with Gasteiger partial charge in [0.15, 0.2) is 0 Å². The number of hydrogen-bond acceptors (Lipinski definition) is 3. The molecule has 0 spiro atoms. The number of aryl methyl sites for hydroxylation is 1. The average molecular weight is 655 g/mol. The van der Waals surface area contributed by atoms with Crippen molar-refractivity contribution in [3.63, 3.8) is 0 Å². The molecule has 0 saturated carbocycles. The maximum atomic E-state index is 5.99. The van der Waals surface area contributed by atoms with Crippen molar-refractivity contribution in [2.45, 2.75) is 67.0 Å². The summed E-state index contributed by atoms with van der Waals surface area (Å²) in [5, 5.41) is 3.02. The summed E-state index contributed by atoms with van der Waals surface area (Å²) in [6, 6.07) is 20.8. The first-order valence-electron chi connectivity index (χ1n) is 15.5. The van der Waals surface area contributed by atoms with Gasteiger partial charge < -0.3 is 14.5 Å². The molecule has 0 radical (unpaired) electrons. The summed E-state index contributed by atoms with van der Waals surface area (Å²) < 4.78 is 5.99. The number of benzene rings is 3. The Hall–Kier alpha value is -2.63. The molecule has 0 fully saturated rings. The van der Waals surface area contributed by atoms with Crippen molar-refractivity contribution in [2.24, 2.45) is 5.92 Å². The second-order valence-corrected chi connectivity index (χ2v) is 18.2. The molecule has 0 amide bonds. The molecule has 0 bridgehead atoms. The van der Waals surface area contributed by atoms with Crippen molar-refractivity contribution < 1.29 is 30.6 Å². The van der Waals surface area contributed by atoms with Gasteiger partial charge in [0.1, 0.15) is 5.75 Å². The average Bonchev–Trinajstić information content (AvgIpc) is 3.19. The first-order chi connectivity index (χ1) is 20.3. The Bertz CT molecular complexity index is 1430. The van der Waals surface area contributed by atoms with E-state index in [4.69, 9.17) is 4.74 Å². The molecule has 0 saturated heterocycles. The SMILES string of the molecule is COc1c(C(C)(C)C)cc(C)cc1[Si](C)(C)C1=C(C)C(C)=[C-]C1C.[CH2-]c1ccccc1N(C)C.[CH2-]c1ccccc1N(C)C.[Sc+3]. The third kappa shape index (κ3) is 10.2. The molecule has 0 heterocycles. The fraction of sp³-hybridized carbons (Fsp3) is 0.400. The second-order valence-electron chi connectivity index (χ2n) is 13.8. The Labute approximate surface area is 296 Å². The van der Waals surface area contributed by atoms with E-state index in [2.05, 4.69) is 116 Å². The number of nitrogens with zero attached hydrogens (tertiary/aromatic N) is 2. The maximum Gasteiger partial charge on any atom is 3.00 e. The van der Waals surface area contributed by atoms with Crippen LogP contribution in [0.25, 0.3) is 0 Å². The van der Waals surface area contributed by atoms with E-state index in [0.717, 1.165) is 16.9 Å². The molecule has 3 aromatic carbocycles. The molecule has 1 aliphatic rings. The summed E-state index contributed by atoms with van der Waals surface area (Å²) in [5.74, 6) is 1.51. The first kappa shape index (κ1) is 40.4. The van der Waals surface area contributed by atoms with Crippen LogP contribution in [0.2, 0.25) is 13.1 Å². The van der Waals surface area contributed by atoms with Crippen LogP contribution in [0.1, 0.15) is 63.8 Å². The zero-order chi connectivity index (χ0) is 33.6. The number of methoxy groups -OCH3 is 1. The van der Waals surface area contributed by atoms with Crippen molar-refractivity contribution >= 4 is 24.6 Å². The standard InChI is InChI=1S/C22H33OSi.2C9H12N.Sc/c1-14-11-18(22(5,6)7)20(23-8)19(12-14)24(9,10)21-16(3)13-15(2)17(21)4;2*1-8-6-4-5-7-9(8)10(2)3;/h11-12,16H,1-10H3;2*4-7H,1H2,2-3H3;/q3*-1;+3. The van der Waals surface area contributed by atoms with Gasteiger partial charge in [0.2, 0.25) is 0 Å². The number of allylic oxidation sites excluding steroid dienone is 4. The van der Waals surface area contributed by atoms with Crippen LogP contribution in [0.3, 0.4) is 0 Å². The van der Waals surface area contributed by atoms with E-state index < -0.39 is 8.07 Å². The summed E-state index contributed by atoms with van der Waals surface area (Å²) >= 11 is 0. The summed E-state index contributed by atoms with van der Waals surface area (Å²) in [6.07, 6.45) is 3.63. The van der Waals surface area contributed by atoms with Crippen LogP contribution in [-0.2, 0) is 31.3 Å². The first-order valence-corrected chi connectivity index (χ1v) is 18.5. The molecule has 4 rings (SSSR count). The van der Waals surface area contributed by atoms with Crippen molar-refractivity contribution in [3.8, 4) is 5.75 Å². The summed E-state index contributed by atoms with van der Waals surface area (Å²) in [5.41, 5.74) is 10.00. The van der Waals surface area contributed by atoms with Crippen LogP contribution in [0.4, 0.5) is 11.4 Å². The van der Waals surface area contributed by atoms with Gasteiger partial charge in [-0.1, -0.05) is 107 Å². The molecule has 5 heteroatoms. The minimum Gasteiger partial charge on any atom is -0.497 e. The predicted octanol–water partition coefficient (Wildman–Crippen LogP) is 9.34. The third-order valence-electron chi connectivity index (χ3n) is 8.37. The summed E-state index contributed by atoms with van der Waals surface area (Å²) in [4.78, 5) is 4.12. The minimum absolute atomic E-state index is 0. The largest absolute Gasteiger partial charge is 3.00 e. The van der Waals surface area contributed by atoms with Crippen molar-refractivity contribution in [3.05, 3.63) is 119 Å². The molecule has 45 heavy (non-hydrogen) atoms. The van der Waals surface area contributed by atoms with Gasteiger partial charge in [0.05, 0.1) is 15.2 Å². The molecular formula is C40H57N2OScSi. The maximum absolute atomic E-state index is 5.99. The van der Waals surface area contributed by atoms with Gasteiger partial charge in [0, 0.05) is 0 Å². The number of para-hydroxylation sites is 2. The van der Waals surface area contributed by atoms with Crippen LogP contribution < -0.4 is 19.7 Å². The van der Waals surface area contributed by atoms with E-state index >= 15 is 0 Å². The Kier molecular flexibility index (Phi) is 15.1. The summed E-state index contributed by atoms with van der Waals surface area (Å²) in [7, 11) is 8.04. The predicted molar refractivity (Wildman–Crippen MR) is 198 cm³/mol. The molecule has 1 unspecified atom stereocenters. The fourth-order valence-electron chi connectivity index (χ4n) is 6.10. The van der Waals surface area contributed by atoms with E-state index in [1.54, 1.807) is 5.20 Å². The number of anilines is 2. The smallest absolute Gasteiger partial charge is 0.497 e. The van der Waals surface area contributed by atoms with Crippen molar-refractivity contribution in [1.29, 1.82) is 0 Å². The van der Waals surface area contributed by atoms with E-state index in [0.29, 0.717) is 5.92 Å². The Balaban J connectivity index is 0.000000396. The molecule has 1 aliphatic carbocycles. The van der Waals surface area contributed by atoms with Crippen LogP contribution in [0, 0.1) is 32.8 Å². The molecule has 3 aromatic rings. The van der Waals surface area contributed by atoms with E-state index in [-0.39, 0.29) is 31.3 Å². The Morgan fingerprint density at radius 3 is 1.56 bits per heavy atom. The Morgan fingerprint density at radius 1 is 0.800 bits per heavy atom. The van der Waals surface area contributed by atoms with Gasteiger partial charge in [-0.05, 0) is 51.3 Å². The number of hydrogen-bond donors (Lipinski definition) is 0.